The number of nitrogens with zero attached hydrogens (tertiary/aromatic N) is 3. The molecule has 6 nitrogen and oxygen atoms in total. The van der Waals surface area contributed by atoms with E-state index in [4.69, 9.17) is 14.2 Å². The Kier molecular flexibility index (Phi) is 6.24. The summed E-state index contributed by atoms with van der Waals surface area (Å²) >= 11 is 0. The Morgan fingerprint density at radius 1 is 0.833 bits per heavy atom. The predicted octanol–water partition coefficient (Wildman–Crippen LogP) is 1.79. The number of hydrogen-bond acceptors (Lipinski definition) is 6. The summed E-state index contributed by atoms with van der Waals surface area (Å²) in [6.07, 6.45) is 7.44. The first kappa shape index (κ1) is 14.0. The van der Waals surface area contributed by atoms with E-state index in [-0.39, 0.29) is 18.0 Å². The van der Waals surface area contributed by atoms with Crippen LogP contribution in [0.15, 0.2) is 24.3 Å². The summed E-state index contributed by atoms with van der Waals surface area (Å²) in [5.74, 6) is 0. The quantitative estimate of drug-likeness (QED) is 0.688. The van der Waals surface area contributed by atoms with Crippen molar-refractivity contribution in [2.75, 3.05) is 20.3 Å². The molecule has 0 aliphatic heterocycles. The number of rotatable bonds is 7. The van der Waals surface area contributed by atoms with Crippen LogP contribution in [0.25, 0.3) is 0 Å². The molecule has 1 heterocycles. The fraction of sp³-hybridized carbons (Fsp3) is 0.417. The van der Waals surface area contributed by atoms with Gasteiger partial charge in [-0.15, -0.1) is 15.0 Å². The van der Waals surface area contributed by atoms with E-state index in [1.165, 1.54) is 7.11 Å². The van der Waals surface area contributed by atoms with Gasteiger partial charge < -0.3 is 14.2 Å². The Morgan fingerprint density at radius 3 is 1.67 bits per heavy atom. The summed E-state index contributed by atoms with van der Waals surface area (Å²) in [6.45, 7) is 4.59. The molecule has 6 heteroatoms. The summed E-state index contributed by atoms with van der Waals surface area (Å²) in [4.78, 5) is 11.9. The Bertz CT molecular complexity index is 385. The van der Waals surface area contributed by atoms with Crippen molar-refractivity contribution in [3.05, 3.63) is 24.3 Å². The number of methoxy groups -OCH3 is 1. The highest BCUT2D eigenvalue weighted by atomic mass is 16.5. The lowest BCUT2D eigenvalue weighted by Gasteiger charge is -2.06. The Balaban J connectivity index is 2.73. The van der Waals surface area contributed by atoms with Crippen molar-refractivity contribution in [3.8, 4) is 18.0 Å². The zero-order valence-electron chi connectivity index (χ0n) is 10.8. The van der Waals surface area contributed by atoms with E-state index in [1.54, 1.807) is 0 Å². The van der Waals surface area contributed by atoms with Crippen molar-refractivity contribution >= 4 is 0 Å². The molecule has 1 rings (SSSR count). The Labute approximate surface area is 106 Å². The first-order valence-electron chi connectivity index (χ1n) is 5.58. The van der Waals surface area contributed by atoms with Crippen molar-refractivity contribution in [1.82, 2.24) is 15.0 Å². The minimum atomic E-state index is 0.163. The van der Waals surface area contributed by atoms with E-state index in [9.17, 15) is 0 Å². The van der Waals surface area contributed by atoms with Gasteiger partial charge in [0.15, 0.2) is 0 Å². The predicted molar refractivity (Wildman–Crippen MR) is 67.0 cm³/mol. The number of allylic oxidation sites excluding steroid dienone is 2. The molecule has 1 aromatic rings. The summed E-state index contributed by atoms with van der Waals surface area (Å²) in [5.41, 5.74) is 0. The van der Waals surface area contributed by atoms with E-state index in [0.29, 0.717) is 13.2 Å². The third-order valence-corrected chi connectivity index (χ3v) is 1.85. The van der Waals surface area contributed by atoms with Gasteiger partial charge in [-0.3, -0.25) is 0 Å². The monoisotopic (exact) mass is 251 g/mol. The van der Waals surface area contributed by atoms with Crippen LogP contribution in [0.2, 0.25) is 0 Å². The average Bonchev–Trinajstić information content (AvgIpc) is 2.39. The Morgan fingerprint density at radius 2 is 1.28 bits per heavy atom. The van der Waals surface area contributed by atoms with Crippen LogP contribution in [0.5, 0.6) is 18.0 Å². The van der Waals surface area contributed by atoms with Crippen molar-refractivity contribution in [2.45, 2.75) is 13.8 Å². The van der Waals surface area contributed by atoms with E-state index in [0.717, 1.165) is 0 Å². The van der Waals surface area contributed by atoms with Gasteiger partial charge in [0.05, 0.1) is 7.11 Å². The fourth-order valence-corrected chi connectivity index (χ4v) is 0.979. The molecule has 0 aromatic carbocycles. The summed E-state index contributed by atoms with van der Waals surface area (Å²) < 4.78 is 15.6. The molecule has 0 bridgehead atoms. The lowest BCUT2D eigenvalue weighted by molar-refractivity contribution is 0.278. The third-order valence-electron chi connectivity index (χ3n) is 1.85. The second-order valence-electron chi connectivity index (χ2n) is 3.15. The van der Waals surface area contributed by atoms with Gasteiger partial charge in [-0.05, 0) is 13.8 Å². The van der Waals surface area contributed by atoms with Crippen LogP contribution < -0.4 is 14.2 Å². The minimum Gasteiger partial charge on any atom is -0.467 e. The van der Waals surface area contributed by atoms with Crippen LogP contribution in [-0.2, 0) is 0 Å². The topological polar surface area (TPSA) is 66.4 Å². The van der Waals surface area contributed by atoms with E-state index >= 15 is 0 Å². The molecular weight excluding hydrogens is 234 g/mol. The first-order valence-corrected chi connectivity index (χ1v) is 5.58. The van der Waals surface area contributed by atoms with Gasteiger partial charge in [-0.2, -0.15) is 0 Å². The lowest BCUT2D eigenvalue weighted by Crippen LogP contribution is -2.06. The molecule has 0 atom stereocenters. The molecule has 1 aromatic heterocycles. The molecule has 0 fully saturated rings. The van der Waals surface area contributed by atoms with E-state index in [1.807, 2.05) is 38.2 Å². The average molecular weight is 251 g/mol. The zero-order chi connectivity index (χ0) is 13.2. The standard InChI is InChI=1S/C12H17N3O3/c1-4-6-8-17-11-13-10(16-3)14-12(15-11)18-9-7-5-2/h4-7H,8-9H2,1-3H3/b6-4+,7-5+. The van der Waals surface area contributed by atoms with E-state index < -0.39 is 0 Å². The second-order valence-corrected chi connectivity index (χ2v) is 3.15. The molecule has 0 spiro atoms. The highest BCUT2D eigenvalue weighted by molar-refractivity contribution is 5.09. The normalized spacial score (nSPS) is 11.1. The molecule has 0 amide bonds. The maximum atomic E-state index is 5.31. The van der Waals surface area contributed by atoms with Gasteiger partial charge in [0.1, 0.15) is 13.2 Å². The van der Waals surface area contributed by atoms with Crippen LogP contribution in [0.4, 0.5) is 0 Å². The van der Waals surface area contributed by atoms with Crippen LogP contribution in [0, 0.1) is 0 Å². The summed E-state index contributed by atoms with van der Waals surface area (Å²) in [6, 6.07) is 0.516. The molecule has 18 heavy (non-hydrogen) atoms. The first-order chi connectivity index (χ1) is 8.80. The van der Waals surface area contributed by atoms with Crippen LogP contribution in [-0.4, -0.2) is 35.3 Å². The van der Waals surface area contributed by atoms with Crippen LogP contribution >= 0.6 is 0 Å². The third kappa shape index (κ3) is 4.82. The Hall–Kier alpha value is -2.11. The molecule has 0 aliphatic carbocycles. The van der Waals surface area contributed by atoms with Gasteiger partial charge in [0.2, 0.25) is 0 Å². The summed E-state index contributed by atoms with van der Waals surface area (Å²) in [5, 5.41) is 0. The number of ether oxygens (including phenoxy) is 3. The van der Waals surface area contributed by atoms with E-state index in [2.05, 4.69) is 15.0 Å². The minimum absolute atomic E-state index is 0.163. The molecule has 0 saturated carbocycles. The highest BCUT2D eigenvalue weighted by Gasteiger charge is 2.08. The second kappa shape index (κ2) is 8.05. The summed E-state index contributed by atoms with van der Waals surface area (Å²) in [7, 11) is 1.47. The molecule has 0 saturated heterocycles. The van der Waals surface area contributed by atoms with Crippen molar-refractivity contribution in [3.63, 3.8) is 0 Å². The van der Waals surface area contributed by atoms with Crippen LogP contribution in [0.1, 0.15) is 13.8 Å². The van der Waals surface area contributed by atoms with Crippen molar-refractivity contribution in [1.29, 1.82) is 0 Å². The molecule has 0 radical (unpaired) electrons. The maximum absolute atomic E-state index is 5.31. The lowest BCUT2D eigenvalue weighted by atomic mass is 10.6. The van der Waals surface area contributed by atoms with Gasteiger partial charge in [0.25, 0.3) is 0 Å². The zero-order valence-corrected chi connectivity index (χ0v) is 10.8. The molecular formula is C12H17N3O3. The number of hydrogen-bond donors (Lipinski definition) is 0. The van der Waals surface area contributed by atoms with Crippen LogP contribution in [0.3, 0.4) is 0 Å². The van der Waals surface area contributed by atoms with Gasteiger partial charge in [-0.1, -0.05) is 24.3 Å². The van der Waals surface area contributed by atoms with Gasteiger partial charge in [0, 0.05) is 0 Å². The smallest absolute Gasteiger partial charge is 0.326 e. The van der Waals surface area contributed by atoms with Crippen molar-refractivity contribution < 1.29 is 14.2 Å². The highest BCUT2D eigenvalue weighted by Crippen LogP contribution is 2.14. The van der Waals surface area contributed by atoms with Crippen molar-refractivity contribution in [2.24, 2.45) is 0 Å². The molecule has 0 aliphatic rings. The van der Waals surface area contributed by atoms with Gasteiger partial charge >= 0.3 is 18.0 Å². The molecule has 0 N–H and O–H groups in total. The SMILES string of the molecule is C/C=C/COc1nc(OC)nc(OC/C=C/C)n1. The van der Waals surface area contributed by atoms with Gasteiger partial charge in [-0.25, -0.2) is 0 Å². The molecule has 98 valence electrons. The number of aromatic nitrogens is 3. The largest absolute Gasteiger partial charge is 0.467 e. The fourth-order valence-electron chi connectivity index (χ4n) is 0.979. The maximum Gasteiger partial charge on any atom is 0.326 e. The molecule has 0 unspecified atom stereocenters.